The zero-order chi connectivity index (χ0) is 20.6. The highest BCUT2D eigenvalue weighted by molar-refractivity contribution is 5.86. The summed E-state index contributed by atoms with van der Waals surface area (Å²) in [6.07, 6.45) is 6.40. The van der Waals surface area contributed by atoms with Crippen molar-refractivity contribution in [2.45, 2.75) is 44.6 Å². The largest absolute Gasteiger partial charge is 0.451 e. The Morgan fingerprint density at radius 2 is 1.30 bits per heavy atom. The number of carbonyl (C=O) groups is 2. The normalized spacial score (nSPS) is 29.0. The van der Waals surface area contributed by atoms with Gasteiger partial charge in [0.2, 0.25) is 5.91 Å². The number of esters is 1. The number of nitrogens with one attached hydrogen (secondary N) is 1. The van der Waals surface area contributed by atoms with E-state index in [0.29, 0.717) is 17.8 Å². The Hall–Kier alpha value is -2.62. The number of hydrogen-bond acceptors (Lipinski definition) is 3. The van der Waals surface area contributed by atoms with Crippen LogP contribution in [0.15, 0.2) is 60.7 Å². The number of carbonyl (C=O) groups excluding carboxylic acids is 2. The number of ether oxygens (including phenoxy) is 1. The molecule has 4 heteroatoms. The lowest BCUT2D eigenvalue weighted by atomic mass is 9.49. The summed E-state index contributed by atoms with van der Waals surface area (Å²) in [5.41, 5.74) is 1.60. The molecule has 0 spiro atoms. The molecular weight excluding hydrogens is 374 g/mol. The lowest BCUT2D eigenvalue weighted by Gasteiger charge is -2.55. The van der Waals surface area contributed by atoms with E-state index in [2.05, 4.69) is 5.32 Å². The first-order chi connectivity index (χ1) is 14.6. The molecule has 0 atom stereocenters. The molecule has 0 aromatic heterocycles. The number of rotatable bonds is 6. The molecule has 0 heterocycles. The Morgan fingerprint density at radius 1 is 0.833 bits per heavy atom. The second-order valence-electron chi connectivity index (χ2n) is 9.57. The monoisotopic (exact) mass is 403 g/mol. The third kappa shape index (κ3) is 3.76. The fourth-order valence-corrected chi connectivity index (χ4v) is 6.49. The van der Waals surface area contributed by atoms with Crippen molar-refractivity contribution in [3.63, 3.8) is 0 Å². The fourth-order valence-electron chi connectivity index (χ4n) is 6.49. The van der Waals surface area contributed by atoms with Gasteiger partial charge in [-0.15, -0.1) is 0 Å². The molecule has 6 rings (SSSR count). The van der Waals surface area contributed by atoms with Crippen molar-refractivity contribution in [1.82, 2.24) is 5.32 Å². The van der Waals surface area contributed by atoms with Gasteiger partial charge in [-0.25, -0.2) is 0 Å². The summed E-state index contributed by atoms with van der Waals surface area (Å²) in [6, 6.07) is 19.5. The quantitative estimate of drug-likeness (QED) is 0.714. The molecule has 2 aromatic rings. The van der Waals surface area contributed by atoms with Gasteiger partial charge in [-0.3, -0.25) is 9.59 Å². The SMILES string of the molecule is O=C(CNC(=O)C12CC3CC(CC(C3)C1)C2)OC(c1ccccc1)c1ccccc1. The van der Waals surface area contributed by atoms with Crippen LogP contribution in [0.2, 0.25) is 0 Å². The number of amides is 1. The average Bonchev–Trinajstić information content (AvgIpc) is 2.76. The second kappa shape index (κ2) is 7.90. The lowest BCUT2D eigenvalue weighted by Crippen LogP contribution is -2.54. The Kier molecular flexibility index (Phi) is 5.10. The van der Waals surface area contributed by atoms with Crippen LogP contribution < -0.4 is 5.32 Å². The van der Waals surface area contributed by atoms with Crippen molar-refractivity contribution in [2.75, 3.05) is 6.54 Å². The second-order valence-corrected chi connectivity index (χ2v) is 9.57. The Labute approximate surface area is 178 Å². The lowest BCUT2D eigenvalue weighted by molar-refractivity contribution is -0.152. The van der Waals surface area contributed by atoms with E-state index < -0.39 is 12.1 Å². The highest BCUT2D eigenvalue weighted by Crippen LogP contribution is 2.60. The minimum atomic E-state index is -0.476. The first kappa shape index (κ1) is 19.3. The first-order valence-corrected chi connectivity index (χ1v) is 11.2. The molecule has 4 bridgehead atoms. The molecule has 30 heavy (non-hydrogen) atoms. The first-order valence-electron chi connectivity index (χ1n) is 11.2. The molecular formula is C26H29NO3. The third-order valence-corrected chi connectivity index (χ3v) is 7.37. The Morgan fingerprint density at radius 3 is 1.77 bits per heavy atom. The summed E-state index contributed by atoms with van der Waals surface area (Å²) < 4.78 is 5.84. The maximum atomic E-state index is 13.1. The average molecular weight is 404 g/mol. The van der Waals surface area contributed by atoms with Gasteiger partial charge in [-0.2, -0.15) is 0 Å². The number of hydrogen-bond donors (Lipinski definition) is 1. The van der Waals surface area contributed by atoms with Crippen LogP contribution in [0.4, 0.5) is 0 Å². The minimum absolute atomic E-state index is 0.0644. The van der Waals surface area contributed by atoms with Crippen LogP contribution in [0.5, 0.6) is 0 Å². The van der Waals surface area contributed by atoms with E-state index in [9.17, 15) is 9.59 Å². The summed E-state index contributed by atoms with van der Waals surface area (Å²) in [5.74, 6) is 1.78. The Balaban J connectivity index is 1.24. The molecule has 1 N–H and O–H groups in total. The molecule has 4 fully saturated rings. The molecule has 4 saturated carbocycles. The minimum Gasteiger partial charge on any atom is -0.451 e. The molecule has 0 saturated heterocycles. The molecule has 0 aliphatic heterocycles. The van der Waals surface area contributed by atoms with Crippen molar-refractivity contribution in [3.8, 4) is 0 Å². The zero-order valence-electron chi connectivity index (χ0n) is 17.3. The predicted molar refractivity (Wildman–Crippen MR) is 114 cm³/mol. The molecule has 2 aromatic carbocycles. The van der Waals surface area contributed by atoms with Gasteiger partial charge in [0.05, 0.1) is 0 Å². The van der Waals surface area contributed by atoms with Crippen molar-refractivity contribution >= 4 is 11.9 Å². The van der Waals surface area contributed by atoms with Crippen LogP contribution in [-0.2, 0) is 14.3 Å². The van der Waals surface area contributed by atoms with Crippen molar-refractivity contribution < 1.29 is 14.3 Å². The van der Waals surface area contributed by atoms with Gasteiger partial charge in [-0.1, -0.05) is 60.7 Å². The van der Waals surface area contributed by atoms with E-state index in [-0.39, 0.29) is 17.9 Å². The summed E-state index contributed by atoms with van der Waals surface area (Å²) >= 11 is 0. The van der Waals surface area contributed by atoms with E-state index >= 15 is 0 Å². The summed E-state index contributed by atoms with van der Waals surface area (Å²) in [5, 5.41) is 2.93. The van der Waals surface area contributed by atoms with Crippen molar-refractivity contribution in [1.29, 1.82) is 0 Å². The van der Waals surface area contributed by atoms with E-state index in [4.69, 9.17) is 4.74 Å². The molecule has 156 valence electrons. The van der Waals surface area contributed by atoms with Crippen LogP contribution in [0.3, 0.4) is 0 Å². The van der Waals surface area contributed by atoms with Gasteiger partial charge in [0.25, 0.3) is 0 Å². The van der Waals surface area contributed by atoms with Gasteiger partial charge < -0.3 is 10.1 Å². The van der Waals surface area contributed by atoms with Gasteiger partial charge in [0.1, 0.15) is 6.54 Å². The zero-order valence-corrected chi connectivity index (χ0v) is 17.3. The maximum Gasteiger partial charge on any atom is 0.326 e. The molecule has 0 unspecified atom stereocenters. The van der Waals surface area contributed by atoms with Crippen molar-refractivity contribution in [2.24, 2.45) is 23.2 Å². The van der Waals surface area contributed by atoms with Gasteiger partial charge in [0.15, 0.2) is 6.10 Å². The van der Waals surface area contributed by atoms with Crippen molar-refractivity contribution in [3.05, 3.63) is 71.8 Å². The fraction of sp³-hybridized carbons (Fsp3) is 0.462. The maximum absolute atomic E-state index is 13.1. The van der Waals surface area contributed by atoms with Crippen LogP contribution >= 0.6 is 0 Å². The van der Waals surface area contributed by atoms with E-state index in [0.717, 1.165) is 30.4 Å². The van der Waals surface area contributed by atoms with Gasteiger partial charge in [0, 0.05) is 5.41 Å². The van der Waals surface area contributed by atoms with Crippen LogP contribution in [0.1, 0.15) is 55.8 Å². The molecule has 1 amide bonds. The summed E-state index contributed by atoms with van der Waals surface area (Å²) in [6.45, 7) is -0.0727. The third-order valence-electron chi connectivity index (χ3n) is 7.37. The molecule has 4 aliphatic carbocycles. The van der Waals surface area contributed by atoms with Gasteiger partial charge >= 0.3 is 5.97 Å². The van der Waals surface area contributed by atoms with E-state index in [1.165, 1.54) is 19.3 Å². The van der Waals surface area contributed by atoms with E-state index in [1.54, 1.807) is 0 Å². The molecule has 4 aliphatic rings. The van der Waals surface area contributed by atoms with Gasteiger partial charge in [-0.05, 0) is 67.4 Å². The predicted octanol–water partition coefficient (Wildman–Crippen LogP) is 4.65. The smallest absolute Gasteiger partial charge is 0.326 e. The van der Waals surface area contributed by atoms with E-state index in [1.807, 2.05) is 60.7 Å². The standard InChI is InChI=1S/C26H29NO3/c28-23(30-24(21-7-3-1-4-8-21)22-9-5-2-6-10-22)17-27-25(29)26-14-18-11-19(15-26)13-20(12-18)16-26/h1-10,18-20,24H,11-17H2,(H,27,29). The Bertz CT molecular complexity index is 834. The summed E-state index contributed by atoms with van der Waals surface area (Å²) in [4.78, 5) is 25.8. The molecule has 0 radical (unpaired) electrons. The number of benzene rings is 2. The summed E-state index contributed by atoms with van der Waals surface area (Å²) in [7, 11) is 0. The molecule has 4 nitrogen and oxygen atoms in total. The van der Waals surface area contributed by atoms with Crippen LogP contribution in [0.25, 0.3) is 0 Å². The van der Waals surface area contributed by atoms with Crippen LogP contribution in [0, 0.1) is 23.2 Å². The highest BCUT2D eigenvalue weighted by Gasteiger charge is 2.54. The topological polar surface area (TPSA) is 55.4 Å². The highest BCUT2D eigenvalue weighted by atomic mass is 16.5. The van der Waals surface area contributed by atoms with Crippen LogP contribution in [-0.4, -0.2) is 18.4 Å².